The molecule has 94 valence electrons. The van der Waals surface area contributed by atoms with Crippen LogP contribution >= 0.6 is 11.6 Å². The van der Waals surface area contributed by atoms with E-state index in [4.69, 9.17) is 11.6 Å². The van der Waals surface area contributed by atoms with Crippen molar-refractivity contribution in [1.82, 2.24) is 9.80 Å². The second-order valence-corrected chi connectivity index (χ2v) is 5.07. The van der Waals surface area contributed by atoms with Crippen molar-refractivity contribution in [3.8, 4) is 0 Å². The lowest BCUT2D eigenvalue weighted by molar-refractivity contribution is -0.130. The summed E-state index contributed by atoms with van der Waals surface area (Å²) in [5.41, 5.74) is 0. The fourth-order valence-electron chi connectivity index (χ4n) is 2.19. The van der Waals surface area contributed by atoms with E-state index in [2.05, 4.69) is 11.9 Å². The van der Waals surface area contributed by atoms with E-state index < -0.39 is 0 Å². The van der Waals surface area contributed by atoms with Crippen molar-refractivity contribution in [3.63, 3.8) is 0 Å². The van der Waals surface area contributed by atoms with E-state index in [1.807, 2.05) is 11.9 Å². The second-order valence-electron chi connectivity index (χ2n) is 4.70. The first-order valence-corrected chi connectivity index (χ1v) is 6.68. The van der Waals surface area contributed by atoms with E-state index in [9.17, 15) is 4.79 Å². The Balaban J connectivity index is 2.22. The van der Waals surface area contributed by atoms with E-state index in [0.29, 0.717) is 18.3 Å². The van der Waals surface area contributed by atoms with Gasteiger partial charge in [-0.25, -0.2) is 0 Å². The van der Waals surface area contributed by atoms with E-state index in [1.165, 1.54) is 19.4 Å². The molecule has 0 aliphatic carbocycles. The van der Waals surface area contributed by atoms with Gasteiger partial charge in [0.15, 0.2) is 0 Å². The Morgan fingerprint density at radius 1 is 1.50 bits per heavy atom. The Morgan fingerprint density at radius 2 is 2.25 bits per heavy atom. The number of halogens is 1. The highest BCUT2D eigenvalue weighted by Gasteiger charge is 2.23. The van der Waals surface area contributed by atoms with Gasteiger partial charge < -0.3 is 9.80 Å². The van der Waals surface area contributed by atoms with Crippen LogP contribution in [0.3, 0.4) is 0 Å². The predicted molar refractivity (Wildman–Crippen MR) is 67.9 cm³/mol. The zero-order valence-corrected chi connectivity index (χ0v) is 11.2. The third-order valence-electron chi connectivity index (χ3n) is 3.36. The molecule has 1 fully saturated rings. The fourth-order valence-corrected chi connectivity index (χ4v) is 2.38. The van der Waals surface area contributed by atoms with Gasteiger partial charge in [0.25, 0.3) is 0 Å². The molecule has 0 spiro atoms. The molecule has 0 saturated carbocycles. The average Bonchev–Trinajstić information content (AvgIpc) is 2.64. The van der Waals surface area contributed by atoms with E-state index in [0.717, 1.165) is 19.4 Å². The number of hydrogen-bond donors (Lipinski definition) is 0. The summed E-state index contributed by atoms with van der Waals surface area (Å²) in [6.45, 7) is 2.04. The summed E-state index contributed by atoms with van der Waals surface area (Å²) in [4.78, 5) is 16.0. The molecule has 0 N–H and O–H groups in total. The van der Waals surface area contributed by atoms with E-state index in [-0.39, 0.29) is 5.91 Å². The predicted octanol–water partition coefficient (Wildman–Crippen LogP) is 1.95. The minimum Gasteiger partial charge on any atom is -0.344 e. The molecule has 1 unspecified atom stereocenters. The quantitative estimate of drug-likeness (QED) is 0.528. The molecular weight excluding hydrogens is 224 g/mol. The summed E-state index contributed by atoms with van der Waals surface area (Å²) >= 11 is 5.59. The van der Waals surface area contributed by atoms with Crippen LogP contribution in [0.1, 0.15) is 32.1 Å². The SMILES string of the molecule is CN(CC1CCCN1C)C(=O)CCCCCl. The van der Waals surface area contributed by atoms with Gasteiger partial charge in [-0.05, 0) is 39.3 Å². The molecule has 1 amide bonds. The number of alkyl halides is 1. The number of likely N-dealkylation sites (tertiary alicyclic amines) is 1. The van der Waals surface area contributed by atoms with Crippen LogP contribution < -0.4 is 0 Å². The highest BCUT2D eigenvalue weighted by molar-refractivity contribution is 6.17. The van der Waals surface area contributed by atoms with Gasteiger partial charge in [0.05, 0.1) is 0 Å². The Hall–Kier alpha value is -0.280. The van der Waals surface area contributed by atoms with Crippen LogP contribution in [0.25, 0.3) is 0 Å². The third-order valence-corrected chi connectivity index (χ3v) is 3.62. The molecule has 1 aliphatic heterocycles. The van der Waals surface area contributed by atoms with Crippen molar-refractivity contribution in [2.75, 3.05) is 33.1 Å². The third kappa shape index (κ3) is 4.30. The first-order chi connectivity index (χ1) is 7.65. The lowest BCUT2D eigenvalue weighted by atomic mass is 10.2. The molecule has 1 rings (SSSR count). The molecule has 4 heteroatoms. The smallest absolute Gasteiger partial charge is 0.222 e. The summed E-state index contributed by atoms with van der Waals surface area (Å²) in [7, 11) is 4.05. The largest absolute Gasteiger partial charge is 0.344 e. The standard InChI is InChI=1S/C12H23ClN2O/c1-14-9-5-6-11(14)10-15(2)12(16)7-3-4-8-13/h11H,3-10H2,1-2H3. The van der Waals surface area contributed by atoms with Gasteiger partial charge in [-0.3, -0.25) is 4.79 Å². The average molecular weight is 247 g/mol. The monoisotopic (exact) mass is 246 g/mol. The van der Waals surface area contributed by atoms with E-state index >= 15 is 0 Å². The van der Waals surface area contributed by atoms with Crippen molar-refractivity contribution < 1.29 is 4.79 Å². The number of unbranched alkanes of at least 4 members (excludes halogenated alkanes) is 1. The molecule has 16 heavy (non-hydrogen) atoms. The first kappa shape index (κ1) is 13.8. The maximum atomic E-state index is 11.8. The second kappa shape index (κ2) is 7.13. The highest BCUT2D eigenvalue weighted by atomic mass is 35.5. The summed E-state index contributed by atoms with van der Waals surface area (Å²) < 4.78 is 0. The Kier molecular flexibility index (Phi) is 6.14. The molecule has 1 aliphatic rings. The van der Waals surface area contributed by atoms with Crippen molar-refractivity contribution in [1.29, 1.82) is 0 Å². The highest BCUT2D eigenvalue weighted by Crippen LogP contribution is 2.15. The Labute approximate surface area is 104 Å². The molecule has 1 atom stereocenters. The van der Waals surface area contributed by atoms with Crippen LogP contribution in [0.15, 0.2) is 0 Å². The van der Waals surface area contributed by atoms with Gasteiger partial charge >= 0.3 is 0 Å². The van der Waals surface area contributed by atoms with Gasteiger partial charge in [-0.1, -0.05) is 0 Å². The Morgan fingerprint density at radius 3 is 2.81 bits per heavy atom. The van der Waals surface area contributed by atoms with Crippen LogP contribution in [0.5, 0.6) is 0 Å². The van der Waals surface area contributed by atoms with Crippen molar-refractivity contribution in [2.45, 2.75) is 38.1 Å². The maximum absolute atomic E-state index is 11.8. The molecule has 0 aromatic rings. The van der Waals surface area contributed by atoms with Gasteiger partial charge in [0, 0.05) is 31.9 Å². The molecule has 0 radical (unpaired) electrons. The van der Waals surface area contributed by atoms with Crippen molar-refractivity contribution >= 4 is 17.5 Å². The van der Waals surface area contributed by atoms with Crippen LogP contribution in [0.2, 0.25) is 0 Å². The van der Waals surface area contributed by atoms with Crippen molar-refractivity contribution in [3.05, 3.63) is 0 Å². The molecule has 3 nitrogen and oxygen atoms in total. The zero-order valence-electron chi connectivity index (χ0n) is 10.4. The summed E-state index contributed by atoms with van der Waals surface area (Å²) in [5.74, 6) is 0.910. The van der Waals surface area contributed by atoms with Gasteiger partial charge in [-0.15, -0.1) is 11.6 Å². The molecule has 0 aromatic carbocycles. The normalized spacial score (nSPS) is 21.3. The lowest BCUT2D eigenvalue weighted by Crippen LogP contribution is -2.39. The number of likely N-dealkylation sites (N-methyl/N-ethyl adjacent to an activating group) is 2. The Bertz CT molecular complexity index is 223. The number of hydrogen-bond acceptors (Lipinski definition) is 2. The molecular formula is C12H23ClN2O. The van der Waals surface area contributed by atoms with Gasteiger partial charge in [0.2, 0.25) is 5.91 Å². The maximum Gasteiger partial charge on any atom is 0.222 e. The lowest BCUT2D eigenvalue weighted by Gasteiger charge is -2.25. The summed E-state index contributed by atoms with van der Waals surface area (Å²) in [6.07, 6.45) is 4.96. The van der Waals surface area contributed by atoms with Crippen LogP contribution in [-0.4, -0.2) is 54.8 Å². The van der Waals surface area contributed by atoms with Crippen LogP contribution in [0, 0.1) is 0 Å². The fraction of sp³-hybridized carbons (Fsp3) is 0.917. The first-order valence-electron chi connectivity index (χ1n) is 6.15. The number of amides is 1. The zero-order chi connectivity index (χ0) is 12.0. The summed E-state index contributed by atoms with van der Waals surface area (Å²) in [6, 6.07) is 0.557. The minimum atomic E-state index is 0.255. The minimum absolute atomic E-state index is 0.255. The molecule has 0 bridgehead atoms. The molecule has 1 heterocycles. The van der Waals surface area contributed by atoms with Gasteiger partial charge in [0.1, 0.15) is 0 Å². The molecule has 0 aromatic heterocycles. The summed E-state index contributed by atoms with van der Waals surface area (Å²) in [5, 5.41) is 0. The number of carbonyl (C=O) groups is 1. The van der Waals surface area contributed by atoms with Crippen molar-refractivity contribution in [2.24, 2.45) is 0 Å². The van der Waals surface area contributed by atoms with Crippen LogP contribution in [0.4, 0.5) is 0 Å². The van der Waals surface area contributed by atoms with E-state index in [1.54, 1.807) is 0 Å². The number of carbonyl (C=O) groups excluding carboxylic acids is 1. The van der Waals surface area contributed by atoms with Gasteiger partial charge in [-0.2, -0.15) is 0 Å². The topological polar surface area (TPSA) is 23.6 Å². The molecule has 1 saturated heterocycles. The van der Waals surface area contributed by atoms with Crippen LogP contribution in [-0.2, 0) is 4.79 Å². The number of rotatable bonds is 6. The number of nitrogens with zero attached hydrogens (tertiary/aromatic N) is 2.